The van der Waals surface area contributed by atoms with Crippen LogP contribution in [0.1, 0.15) is 32.3 Å². The summed E-state index contributed by atoms with van der Waals surface area (Å²) in [6.45, 7) is 4.07. The van der Waals surface area contributed by atoms with Crippen LogP contribution in [0.2, 0.25) is 0 Å². The van der Waals surface area contributed by atoms with Crippen LogP contribution in [-0.2, 0) is 4.79 Å². The molecule has 1 atom stereocenters. The van der Waals surface area contributed by atoms with Gasteiger partial charge in [-0.2, -0.15) is 0 Å². The molecule has 0 saturated carbocycles. The SMILES string of the molecule is CCC(C)CC(=O)C(Cl)=Cc1ccc(N=[N+]=[N-])cc1. The Balaban J connectivity index is 2.77. The summed E-state index contributed by atoms with van der Waals surface area (Å²) in [5, 5.41) is 3.71. The molecule has 4 nitrogen and oxygen atoms in total. The number of rotatable bonds is 6. The maximum Gasteiger partial charge on any atom is 0.174 e. The van der Waals surface area contributed by atoms with Crippen molar-refractivity contribution in [3.05, 3.63) is 45.3 Å². The number of halogens is 1. The number of ketones is 1. The molecule has 0 N–H and O–H groups in total. The molecule has 0 aliphatic rings. The van der Waals surface area contributed by atoms with E-state index in [1.165, 1.54) is 0 Å². The predicted molar refractivity (Wildman–Crippen MR) is 78.2 cm³/mol. The monoisotopic (exact) mass is 277 g/mol. The summed E-state index contributed by atoms with van der Waals surface area (Å²) in [4.78, 5) is 14.5. The summed E-state index contributed by atoms with van der Waals surface area (Å²) < 4.78 is 0. The molecular formula is C14H16ClN3O. The van der Waals surface area contributed by atoms with Crippen LogP contribution in [0.3, 0.4) is 0 Å². The van der Waals surface area contributed by atoms with Gasteiger partial charge in [0.15, 0.2) is 5.78 Å². The largest absolute Gasteiger partial charge is 0.293 e. The van der Waals surface area contributed by atoms with Gasteiger partial charge in [0.25, 0.3) is 0 Å². The number of allylic oxidation sites excluding steroid dienone is 1. The number of hydrogen-bond acceptors (Lipinski definition) is 2. The lowest BCUT2D eigenvalue weighted by Gasteiger charge is -2.06. The van der Waals surface area contributed by atoms with Gasteiger partial charge >= 0.3 is 0 Å². The lowest BCUT2D eigenvalue weighted by Crippen LogP contribution is -2.04. The maximum atomic E-state index is 11.8. The number of benzene rings is 1. The first kappa shape index (κ1) is 15.3. The van der Waals surface area contributed by atoms with E-state index in [1.807, 2.05) is 13.8 Å². The molecule has 1 unspecified atom stereocenters. The smallest absolute Gasteiger partial charge is 0.174 e. The van der Waals surface area contributed by atoms with Crippen molar-refractivity contribution in [1.82, 2.24) is 0 Å². The molecule has 0 aliphatic heterocycles. The summed E-state index contributed by atoms with van der Waals surface area (Å²) in [7, 11) is 0. The zero-order valence-electron chi connectivity index (χ0n) is 11.0. The van der Waals surface area contributed by atoms with Gasteiger partial charge in [0, 0.05) is 17.0 Å². The Bertz CT molecular complexity index is 516. The zero-order valence-corrected chi connectivity index (χ0v) is 11.8. The van der Waals surface area contributed by atoms with Gasteiger partial charge in [0.2, 0.25) is 0 Å². The van der Waals surface area contributed by atoms with Gasteiger partial charge < -0.3 is 0 Å². The van der Waals surface area contributed by atoms with Gasteiger partial charge in [0.1, 0.15) is 0 Å². The number of carbonyl (C=O) groups excluding carboxylic acids is 1. The minimum absolute atomic E-state index is 0.0462. The Morgan fingerprint density at radius 1 is 1.47 bits per heavy atom. The lowest BCUT2D eigenvalue weighted by atomic mass is 10.0. The molecule has 0 saturated heterocycles. The van der Waals surface area contributed by atoms with E-state index in [-0.39, 0.29) is 10.8 Å². The first-order valence-electron chi connectivity index (χ1n) is 6.12. The fraction of sp³-hybridized carbons (Fsp3) is 0.357. The maximum absolute atomic E-state index is 11.8. The zero-order chi connectivity index (χ0) is 14.3. The van der Waals surface area contributed by atoms with Gasteiger partial charge in [-0.1, -0.05) is 61.2 Å². The summed E-state index contributed by atoms with van der Waals surface area (Å²) >= 11 is 6.00. The highest BCUT2D eigenvalue weighted by Crippen LogP contribution is 2.19. The van der Waals surface area contributed by atoms with Crippen molar-refractivity contribution in [1.29, 1.82) is 0 Å². The molecule has 0 aliphatic carbocycles. The van der Waals surface area contributed by atoms with Gasteiger partial charge in [-0.15, -0.1) is 0 Å². The van der Waals surface area contributed by atoms with Crippen LogP contribution < -0.4 is 0 Å². The summed E-state index contributed by atoms with van der Waals surface area (Å²) in [6, 6.07) is 6.86. The second kappa shape index (κ2) is 7.62. The van der Waals surface area contributed by atoms with Crippen molar-refractivity contribution in [2.45, 2.75) is 26.7 Å². The topological polar surface area (TPSA) is 65.8 Å². The Hall–Kier alpha value is -1.77. The highest BCUT2D eigenvalue weighted by molar-refractivity contribution is 6.44. The quantitative estimate of drug-likeness (QED) is 0.304. The number of azide groups is 1. The van der Waals surface area contributed by atoms with Crippen LogP contribution in [0.25, 0.3) is 16.5 Å². The molecule has 0 bridgehead atoms. The van der Waals surface area contributed by atoms with E-state index in [4.69, 9.17) is 17.1 Å². The summed E-state index contributed by atoms with van der Waals surface area (Å²) in [6.07, 6.45) is 3.05. The molecule has 0 aromatic heterocycles. The van der Waals surface area contributed by atoms with Crippen LogP contribution in [-0.4, -0.2) is 5.78 Å². The van der Waals surface area contributed by atoms with Crippen LogP contribution in [0, 0.1) is 5.92 Å². The van der Waals surface area contributed by atoms with Gasteiger partial charge in [-0.25, -0.2) is 0 Å². The Kier molecular flexibility index (Phi) is 6.13. The standard InChI is InChI=1S/C14H16ClN3O/c1-3-10(2)8-14(19)13(15)9-11-4-6-12(7-5-11)17-18-16/h4-7,9-10H,3,8H2,1-2H3. The van der Waals surface area contributed by atoms with Crippen LogP contribution >= 0.6 is 11.6 Å². The highest BCUT2D eigenvalue weighted by atomic mass is 35.5. The fourth-order valence-corrected chi connectivity index (χ4v) is 1.68. The number of hydrogen-bond donors (Lipinski definition) is 0. The molecule has 0 spiro atoms. The summed E-state index contributed by atoms with van der Waals surface area (Å²) in [5.41, 5.74) is 9.63. The molecule has 5 heteroatoms. The second-order valence-corrected chi connectivity index (χ2v) is 4.82. The molecule has 0 fully saturated rings. The number of nitrogens with zero attached hydrogens (tertiary/aromatic N) is 3. The van der Waals surface area contributed by atoms with Crippen molar-refractivity contribution in [3.63, 3.8) is 0 Å². The summed E-state index contributed by atoms with van der Waals surface area (Å²) in [5.74, 6) is 0.289. The molecule has 0 heterocycles. The average molecular weight is 278 g/mol. The highest BCUT2D eigenvalue weighted by Gasteiger charge is 2.10. The van der Waals surface area contributed by atoms with E-state index in [9.17, 15) is 4.79 Å². The van der Waals surface area contributed by atoms with Crippen molar-refractivity contribution < 1.29 is 4.79 Å². The normalized spacial score (nSPS) is 12.7. The Labute approximate surface area is 117 Å². The van der Waals surface area contributed by atoms with E-state index in [2.05, 4.69) is 10.0 Å². The number of Topliss-reactive ketones (excluding diaryl/α,β-unsaturated/α-hetero) is 1. The minimum atomic E-state index is -0.0462. The van der Waals surface area contributed by atoms with Crippen LogP contribution in [0.5, 0.6) is 0 Å². The van der Waals surface area contributed by atoms with Crippen molar-refractivity contribution in [3.8, 4) is 0 Å². The molecule has 100 valence electrons. The molecule has 19 heavy (non-hydrogen) atoms. The molecule has 1 aromatic carbocycles. The Morgan fingerprint density at radius 3 is 2.63 bits per heavy atom. The Morgan fingerprint density at radius 2 is 2.11 bits per heavy atom. The van der Waals surface area contributed by atoms with E-state index < -0.39 is 0 Å². The molecule has 0 radical (unpaired) electrons. The molecule has 0 amide bonds. The van der Waals surface area contributed by atoms with Gasteiger partial charge in [0.05, 0.1) is 5.03 Å². The molecular weight excluding hydrogens is 262 g/mol. The fourth-order valence-electron chi connectivity index (χ4n) is 1.47. The minimum Gasteiger partial charge on any atom is -0.293 e. The van der Waals surface area contributed by atoms with E-state index in [0.717, 1.165) is 12.0 Å². The van der Waals surface area contributed by atoms with Crippen molar-refractivity contribution >= 4 is 29.1 Å². The first-order chi connectivity index (χ1) is 9.06. The van der Waals surface area contributed by atoms with E-state index in [1.54, 1.807) is 30.3 Å². The molecule has 1 rings (SSSR count). The van der Waals surface area contributed by atoms with Crippen molar-refractivity contribution in [2.24, 2.45) is 11.0 Å². The van der Waals surface area contributed by atoms with Gasteiger partial charge in [-0.05, 0) is 23.1 Å². The van der Waals surface area contributed by atoms with E-state index in [0.29, 0.717) is 18.0 Å². The predicted octanol–water partition coefficient (Wildman–Crippen LogP) is 5.21. The van der Waals surface area contributed by atoms with E-state index >= 15 is 0 Å². The third kappa shape index (κ3) is 5.16. The van der Waals surface area contributed by atoms with Crippen LogP contribution in [0.4, 0.5) is 5.69 Å². The van der Waals surface area contributed by atoms with Crippen LogP contribution in [0.15, 0.2) is 34.4 Å². The third-order valence-corrected chi connectivity index (χ3v) is 3.16. The van der Waals surface area contributed by atoms with Gasteiger partial charge in [-0.3, -0.25) is 4.79 Å². The third-order valence-electron chi connectivity index (χ3n) is 2.84. The van der Waals surface area contributed by atoms with Crippen molar-refractivity contribution in [2.75, 3.05) is 0 Å². The number of carbonyl (C=O) groups is 1. The average Bonchev–Trinajstić information content (AvgIpc) is 2.41. The first-order valence-corrected chi connectivity index (χ1v) is 6.50. The lowest BCUT2D eigenvalue weighted by molar-refractivity contribution is -0.115. The second-order valence-electron chi connectivity index (χ2n) is 4.41. The molecule has 1 aromatic rings.